The van der Waals surface area contributed by atoms with Gasteiger partial charge in [-0.2, -0.15) is 0 Å². The third-order valence-corrected chi connectivity index (χ3v) is 3.02. The lowest BCUT2D eigenvalue weighted by atomic mass is 10.2. The molecule has 1 rings (SSSR count). The van der Waals surface area contributed by atoms with Gasteiger partial charge in [-0.05, 0) is 18.1 Å². The number of nitro benzene ring substituents is 1. The van der Waals surface area contributed by atoms with Gasteiger partial charge in [-0.25, -0.2) is 0 Å². The van der Waals surface area contributed by atoms with E-state index in [1.54, 1.807) is 12.1 Å². The van der Waals surface area contributed by atoms with Gasteiger partial charge in [0.05, 0.1) is 4.92 Å². The van der Waals surface area contributed by atoms with Crippen LogP contribution in [0.3, 0.4) is 0 Å². The van der Waals surface area contributed by atoms with Crippen LogP contribution < -0.4 is 10.6 Å². The molecule has 6 nitrogen and oxygen atoms in total. The van der Waals surface area contributed by atoms with E-state index < -0.39 is 4.92 Å². The fraction of sp³-hybridized carbons (Fsp3) is 0.462. The first-order valence-corrected chi connectivity index (χ1v) is 7.14. The third kappa shape index (κ3) is 5.56. The summed E-state index contributed by atoms with van der Waals surface area (Å²) in [5.41, 5.74) is 0.400. The lowest BCUT2D eigenvalue weighted by Gasteiger charge is -2.09. The number of hydrogen-bond acceptors (Lipinski definition) is 4. The second-order valence-corrected chi connectivity index (χ2v) is 5.71. The van der Waals surface area contributed by atoms with Crippen LogP contribution in [-0.2, 0) is 4.79 Å². The molecule has 1 aromatic carbocycles. The topological polar surface area (TPSA) is 84.3 Å². The van der Waals surface area contributed by atoms with Crippen molar-refractivity contribution in [1.82, 2.24) is 5.32 Å². The van der Waals surface area contributed by atoms with Crippen LogP contribution >= 0.6 is 15.9 Å². The molecule has 0 unspecified atom stereocenters. The number of halogens is 1. The van der Waals surface area contributed by atoms with Gasteiger partial charge in [0.25, 0.3) is 5.69 Å². The van der Waals surface area contributed by atoms with E-state index in [9.17, 15) is 14.9 Å². The van der Waals surface area contributed by atoms with Gasteiger partial charge in [0.15, 0.2) is 0 Å². The van der Waals surface area contributed by atoms with Gasteiger partial charge >= 0.3 is 0 Å². The van der Waals surface area contributed by atoms with Crippen molar-refractivity contribution in [3.8, 4) is 0 Å². The summed E-state index contributed by atoms with van der Waals surface area (Å²) in [6.45, 7) is 5.02. The number of nitrogens with zero attached hydrogens (tertiary/aromatic N) is 1. The molecule has 0 radical (unpaired) electrons. The Balaban J connectivity index is 2.50. The summed E-state index contributed by atoms with van der Waals surface area (Å²) in [6.07, 6.45) is 0.278. The molecule has 0 aliphatic rings. The Morgan fingerprint density at radius 3 is 2.75 bits per heavy atom. The predicted molar refractivity (Wildman–Crippen MR) is 81.8 cm³/mol. The van der Waals surface area contributed by atoms with Crippen molar-refractivity contribution in [3.63, 3.8) is 0 Å². The van der Waals surface area contributed by atoms with Gasteiger partial charge in [-0.1, -0.05) is 29.8 Å². The molecule has 2 N–H and O–H groups in total. The fourth-order valence-corrected chi connectivity index (χ4v) is 1.87. The van der Waals surface area contributed by atoms with Gasteiger partial charge in [-0.3, -0.25) is 14.9 Å². The van der Waals surface area contributed by atoms with E-state index in [0.717, 1.165) is 0 Å². The highest BCUT2D eigenvalue weighted by atomic mass is 79.9. The van der Waals surface area contributed by atoms with Gasteiger partial charge in [0.2, 0.25) is 5.91 Å². The van der Waals surface area contributed by atoms with Crippen molar-refractivity contribution in [3.05, 3.63) is 32.8 Å². The Bertz CT molecular complexity index is 492. The molecule has 20 heavy (non-hydrogen) atoms. The molecule has 1 amide bonds. The van der Waals surface area contributed by atoms with E-state index >= 15 is 0 Å². The normalized spacial score (nSPS) is 10.4. The van der Waals surface area contributed by atoms with Crippen LogP contribution in [0.4, 0.5) is 11.4 Å². The van der Waals surface area contributed by atoms with Crippen LogP contribution in [-0.4, -0.2) is 23.9 Å². The smallest absolute Gasteiger partial charge is 0.293 e. The Morgan fingerprint density at radius 2 is 2.15 bits per heavy atom. The monoisotopic (exact) mass is 343 g/mol. The molecule has 0 aliphatic heterocycles. The minimum atomic E-state index is -0.452. The molecule has 0 saturated heterocycles. The van der Waals surface area contributed by atoms with Crippen LogP contribution in [0.1, 0.15) is 20.3 Å². The number of rotatable bonds is 7. The minimum absolute atomic E-state index is 0.0121. The van der Waals surface area contributed by atoms with Crippen molar-refractivity contribution in [1.29, 1.82) is 0 Å². The molecule has 0 atom stereocenters. The summed E-state index contributed by atoms with van der Waals surface area (Å²) in [6, 6.07) is 4.77. The average molecular weight is 344 g/mol. The highest BCUT2D eigenvalue weighted by Crippen LogP contribution is 2.27. The van der Waals surface area contributed by atoms with Gasteiger partial charge in [0.1, 0.15) is 5.69 Å². The molecule has 0 aliphatic carbocycles. The molecule has 0 saturated carbocycles. The fourth-order valence-electron chi connectivity index (χ4n) is 1.52. The van der Waals surface area contributed by atoms with Gasteiger partial charge in [-0.15, -0.1) is 0 Å². The second-order valence-electron chi connectivity index (χ2n) is 4.79. The molecule has 0 fully saturated rings. The number of carbonyl (C=O) groups excluding carboxylic acids is 1. The van der Waals surface area contributed by atoms with Crippen LogP contribution in [0.2, 0.25) is 0 Å². The maximum atomic E-state index is 11.5. The zero-order valence-electron chi connectivity index (χ0n) is 11.5. The van der Waals surface area contributed by atoms with Crippen LogP contribution in [0.15, 0.2) is 22.7 Å². The second kappa shape index (κ2) is 7.84. The highest BCUT2D eigenvalue weighted by molar-refractivity contribution is 9.10. The Morgan fingerprint density at radius 1 is 1.45 bits per heavy atom. The number of carbonyl (C=O) groups is 1. The Labute approximate surface area is 126 Å². The lowest BCUT2D eigenvalue weighted by Crippen LogP contribution is -2.28. The standard InChI is InChI=1S/C13H18BrN3O3/c1-9(2)8-16-13(18)5-6-15-11-4-3-10(14)7-12(11)17(19)20/h3-4,7,9,15H,5-6,8H2,1-2H3,(H,16,18). The quantitative estimate of drug-likeness (QED) is 0.588. The first-order chi connectivity index (χ1) is 9.40. The van der Waals surface area contributed by atoms with E-state index in [2.05, 4.69) is 26.6 Å². The van der Waals surface area contributed by atoms with Crippen molar-refractivity contribution < 1.29 is 9.72 Å². The maximum Gasteiger partial charge on any atom is 0.293 e. The van der Waals surface area contributed by atoms with Crippen LogP contribution in [0, 0.1) is 16.0 Å². The minimum Gasteiger partial charge on any atom is -0.379 e. The Kier molecular flexibility index (Phi) is 6.44. The average Bonchev–Trinajstić information content (AvgIpc) is 2.37. The van der Waals surface area contributed by atoms with Gasteiger partial charge < -0.3 is 10.6 Å². The number of nitrogens with one attached hydrogen (secondary N) is 2. The Hall–Kier alpha value is -1.63. The number of amides is 1. The van der Waals surface area contributed by atoms with Crippen LogP contribution in [0.5, 0.6) is 0 Å². The highest BCUT2D eigenvalue weighted by Gasteiger charge is 2.14. The molecule has 1 aromatic rings. The summed E-state index contributed by atoms with van der Waals surface area (Å²) in [5.74, 6) is 0.338. The summed E-state index contributed by atoms with van der Waals surface area (Å²) >= 11 is 3.19. The number of hydrogen-bond donors (Lipinski definition) is 2. The first kappa shape index (κ1) is 16.4. The SMILES string of the molecule is CC(C)CNC(=O)CCNc1ccc(Br)cc1[N+](=O)[O-]. The van der Waals surface area contributed by atoms with Crippen molar-refractivity contribution in [2.75, 3.05) is 18.4 Å². The zero-order chi connectivity index (χ0) is 15.1. The predicted octanol–water partition coefficient (Wildman–Crippen LogP) is 2.93. The van der Waals surface area contributed by atoms with Crippen molar-refractivity contribution >= 4 is 33.2 Å². The summed E-state index contributed by atoms with van der Waals surface area (Å²) in [5, 5.41) is 16.6. The van der Waals surface area contributed by atoms with E-state index in [4.69, 9.17) is 0 Å². The number of nitro groups is 1. The molecule has 0 spiro atoms. The molecular weight excluding hydrogens is 326 g/mol. The molecule has 0 heterocycles. The maximum absolute atomic E-state index is 11.5. The number of anilines is 1. The van der Waals surface area contributed by atoms with E-state index in [1.165, 1.54) is 6.07 Å². The summed E-state index contributed by atoms with van der Waals surface area (Å²) in [7, 11) is 0. The molecule has 0 bridgehead atoms. The molecule has 110 valence electrons. The van der Waals surface area contributed by atoms with Gasteiger partial charge in [0, 0.05) is 30.0 Å². The largest absolute Gasteiger partial charge is 0.379 e. The third-order valence-electron chi connectivity index (χ3n) is 2.53. The summed E-state index contributed by atoms with van der Waals surface area (Å²) in [4.78, 5) is 22.0. The van der Waals surface area contributed by atoms with E-state index in [0.29, 0.717) is 29.2 Å². The lowest BCUT2D eigenvalue weighted by molar-refractivity contribution is -0.384. The van der Waals surface area contributed by atoms with Crippen LogP contribution in [0.25, 0.3) is 0 Å². The molecule has 7 heteroatoms. The molecule has 0 aromatic heterocycles. The zero-order valence-corrected chi connectivity index (χ0v) is 13.1. The summed E-state index contributed by atoms with van der Waals surface area (Å²) < 4.78 is 0.643. The van der Waals surface area contributed by atoms with Crippen molar-refractivity contribution in [2.45, 2.75) is 20.3 Å². The number of benzene rings is 1. The van der Waals surface area contributed by atoms with E-state index in [1.807, 2.05) is 13.8 Å². The van der Waals surface area contributed by atoms with E-state index in [-0.39, 0.29) is 18.0 Å². The first-order valence-electron chi connectivity index (χ1n) is 6.34. The van der Waals surface area contributed by atoms with Crippen molar-refractivity contribution in [2.24, 2.45) is 5.92 Å². The molecular formula is C13H18BrN3O3.